The van der Waals surface area contributed by atoms with Crippen LogP contribution >= 0.6 is 23.1 Å². The highest BCUT2D eigenvalue weighted by Crippen LogP contribution is 2.32. The van der Waals surface area contributed by atoms with E-state index in [1.54, 1.807) is 6.07 Å². The summed E-state index contributed by atoms with van der Waals surface area (Å²) in [5.41, 5.74) is 0.596. The Bertz CT molecular complexity index is 909. The summed E-state index contributed by atoms with van der Waals surface area (Å²) in [5.74, 6) is 0.568. The molecule has 0 amide bonds. The van der Waals surface area contributed by atoms with Crippen molar-refractivity contribution in [3.05, 3.63) is 27.1 Å². The number of hydrogen-bond acceptors (Lipinski definition) is 8. The molecule has 126 valence electrons. The molecule has 3 aromatic rings. The van der Waals surface area contributed by atoms with E-state index in [0.29, 0.717) is 16.8 Å². The Morgan fingerprint density at radius 3 is 3.00 bits per heavy atom. The molecule has 10 heteroatoms. The van der Waals surface area contributed by atoms with Gasteiger partial charge in [0.25, 0.3) is 5.56 Å². The van der Waals surface area contributed by atoms with Gasteiger partial charge in [0, 0.05) is 11.8 Å². The molecule has 1 aliphatic rings. The van der Waals surface area contributed by atoms with E-state index in [4.69, 9.17) is 0 Å². The number of aromatic nitrogens is 7. The lowest BCUT2D eigenvalue weighted by molar-refractivity contribution is 0.423. The van der Waals surface area contributed by atoms with Gasteiger partial charge in [-0.25, -0.2) is 9.67 Å². The first-order valence-electron chi connectivity index (χ1n) is 8.04. The van der Waals surface area contributed by atoms with Gasteiger partial charge < -0.3 is 0 Å². The highest BCUT2D eigenvalue weighted by Gasteiger charge is 2.21. The molecule has 0 radical (unpaired) electrons. The van der Waals surface area contributed by atoms with E-state index in [0.717, 1.165) is 35.1 Å². The number of thioether (sulfide) groups is 1. The zero-order valence-electron chi connectivity index (χ0n) is 13.3. The lowest BCUT2D eigenvalue weighted by atomic mass is 10.3. The summed E-state index contributed by atoms with van der Waals surface area (Å²) < 4.78 is 3.30. The van der Waals surface area contributed by atoms with Crippen molar-refractivity contribution in [2.24, 2.45) is 0 Å². The summed E-state index contributed by atoms with van der Waals surface area (Å²) in [6.45, 7) is 2.02. The molecule has 3 aromatic heterocycles. The smallest absolute Gasteiger partial charge is 0.267 e. The highest BCUT2D eigenvalue weighted by molar-refractivity contribution is 7.98. The van der Waals surface area contributed by atoms with Crippen LogP contribution in [0.25, 0.3) is 4.96 Å². The van der Waals surface area contributed by atoms with Crippen molar-refractivity contribution in [3.8, 4) is 0 Å². The Hall–Kier alpha value is -1.81. The van der Waals surface area contributed by atoms with E-state index >= 15 is 0 Å². The molecule has 4 rings (SSSR count). The maximum Gasteiger partial charge on any atom is 0.275 e. The topological polar surface area (TPSA) is 90.9 Å². The van der Waals surface area contributed by atoms with Gasteiger partial charge in [0.2, 0.25) is 10.1 Å². The number of nitrogens with zero attached hydrogens (tertiary/aromatic N) is 7. The molecule has 24 heavy (non-hydrogen) atoms. The number of fused-ring (bicyclic) bond motifs is 1. The van der Waals surface area contributed by atoms with Crippen LogP contribution in [0.1, 0.15) is 49.4 Å². The third-order valence-corrected chi connectivity index (χ3v) is 6.14. The second-order valence-electron chi connectivity index (χ2n) is 5.76. The van der Waals surface area contributed by atoms with Gasteiger partial charge in [-0.3, -0.25) is 4.79 Å². The van der Waals surface area contributed by atoms with Crippen molar-refractivity contribution in [3.63, 3.8) is 0 Å². The maximum absolute atomic E-state index is 12.2. The van der Waals surface area contributed by atoms with Crippen molar-refractivity contribution in [2.75, 3.05) is 0 Å². The minimum Gasteiger partial charge on any atom is -0.267 e. The van der Waals surface area contributed by atoms with Gasteiger partial charge in [0.1, 0.15) is 5.01 Å². The first-order chi connectivity index (χ1) is 11.7. The quantitative estimate of drug-likeness (QED) is 0.641. The molecule has 1 saturated carbocycles. The molecule has 8 nitrogen and oxygen atoms in total. The molecule has 0 aliphatic heterocycles. The predicted molar refractivity (Wildman–Crippen MR) is 91.4 cm³/mol. The lowest BCUT2D eigenvalue weighted by Crippen LogP contribution is -2.15. The van der Waals surface area contributed by atoms with Gasteiger partial charge in [-0.05, 0) is 29.7 Å². The van der Waals surface area contributed by atoms with Crippen LogP contribution in [0.5, 0.6) is 0 Å². The first-order valence-corrected chi connectivity index (χ1v) is 9.84. The fraction of sp³-hybridized carbons (Fsp3) is 0.571. The first kappa shape index (κ1) is 15.7. The molecule has 0 unspecified atom stereocenters. The average Bonchev–Trinajstić information content (AvgIpc) is 3.31. The second kappa shape index (κ2) is 6.60. The van der Waals surface area contributed by atoms with Gasteiger partial charge in [0.05, 0.1) is 11.7 Å². The van der Waals surface area contributed by atoms with E-state index in [1.807, 2.05) is 11.6 Å². The van der Waals surface area contributed by atoms with Crippen LogP contribution in [0, 0.1) is 0 Å². The minimum atomic E-state index is -0.137. The zero-order valence-corrected chi connectivity index (χ0v) is 14.9. The maximum atomic E-state index is 12.2. The Labute approximate surface area is 146 Å². The summed E-state index contributed by atoms with van der Waals surface area (Å²) in [5, 5.41) is 18.0. The van der Waals surface area contributed by atoms with E-state index in [2.05, 4.69) is 25.6 Å². The fourth-order valence-electron chi connectivity index (χ4n) is 2.91. The Balaban J connectivity index is 1.55. The Morgan fingerprint density at radius 2 is 2.21 bits per heavy atom. The summed E-state index contributed by atoms with van der Waals surface area (Å²) >= 11 is 2.98. The Kier molecular flexibility index (Phi) is 4.31. The third kappa shape index (κ3) is 2.95. The van der Waals surface area contributed by atoms with Crippen molar-refractivity contribution >= 4 is 28.1 Å². The summed E-state index contributed by atoms with van der Waals surface area (Å²) in [6, 6.07) is 1.94. The summed E-state index contributed by atoms with van der Waals surface area (Å²) in [6.07, 6.45) is 5.52. The van der Waals surface area contributed by atoms with Crippen LogP contribution in [0.15, 0.2) is 16.0 Å². The molecule has 0 atom stereocenters. The minimum absolute atomic E-state index is 0.137. The number of tetrazole rings is 1. The van der Waals surface area contributed by atoms with Crippen molar-refractivity contribution in [1.29, 1.82) is 0 Å². The van der Waals surface area contributed by atoms with Crippen LogP contribution < -0.4 is 5.56 Å². The van der Waals surface area contributed by atoms with Crippen molar-refractivity contribution in [1.82, 2.24) is 34.8 Å². The van der Waals surface area contributed by atoms with Crippen LogP contribution in [-0.4, -0.2) is 34.8 Å². The normalized spacial score (nSPS) is 15.5. The van der Waals surface area contributed by atoms with Crippen LogP contribution in [0.2, 0.25) is 0 Å². The van der Waals surface area contributed by atoms with E-state index in [9.17, 15) is 4.79 Å². The van der Waals surface area contributed by atoms with Crippen molar-refractivity contribution < 1.29 is 0 Å². The van der Waals surface area contributed by atoms with E-state index in [-0.39, 0.29) is 5.56 Å². The largest absolute Gasteiger partial charge is 0.275 e. The van der Waals surface area contributed by atoms with E-state index in [1.165, 1.54) is 40.5 Å². The number of aryl methyl sites for hydroxylation is 1. The molecular formula is C14H17N7OS2. The van der Waals surface area contributed by atoms with Gasteiger partial charge in [0.15, 0.2) is 0 Å². The monoisotopic (exact) mass is 363 g/mol. The number of rotatable bonds is 5. The van der Waals surface area contributed by atoms with Gasteiger partial charge in [-0.1, -0.05) is 42.9 Å². The molecule has 0 spiro atoms. The van der Waals surface area contributed by atoms with Crippen LogP contribution in [0.4, 0.5) is 0 Å². The Morgan fingerprint density at radius 1 is 1.38 bits per heavy atom. The van der Waals surface area contributed by atoms with Crippen molar-refractivity contribution in [2.45, 2.75) is 56.0 Å². The molecule has 0 bridgehead atoms. The van der Waals surface area contributed by atoms with E-state index < -0.39 is 0 Å². The van der Waals surface area contributed by atoms with Crippen LogP contribution in [-0.2, 0) is 12.2 Å². The van der Waals surface area contributed by atoms with Gasteiger partial charge in [-0.2, -0.15) is 9.61 Å². The van der Waals surface area contributed by atoms with Gasteiger partial charge in [-0.15, -0.1) is 5.10 Å². The lowest BCUT2D eigenvalue weighted by Gasteiger charge is -2.10. The molecule has 0 N–H and O–H groups in total. The third-order valence-electron chi connectivity index (χ3n) is 4.12. The molecular weight excluding hydrogens is 346 g/mol. The molecule has 1 aliphatic carbocycles. The SMILES string of the molecule is CCc1nn2c(=O)cc(CSc3nnnn3C3CCCC3)nc2s1. The average molecular weight is 363 g/mol. The van der Waals surface area contributed by atoms with Crippen LogP contribution in [0.3, 0.4) is 0 Å². The molecule has 0 aromatic carbocycles. The summed E-state index contributed by atoms with van der Waals surface area (Å²) in [4.78, 5) is 17.4. The number of hydrogen-bond donors (Lipinski definition) is 0. The second-order valence-corrected chi connectivity index (χ2v) is 7.75. The molecule has 1 fully saturated rings. The summed E-state index contributed by atoms with van der Waals surface area (Å²) in [7, 11) is 0. The predicted octanol–water partition coefficient (Wildman–Crippen LogP) is 2.11. The fourth-order valence-corrected chi connectivity index (χ4v) is 4.60. The standard InChI is InChI=1S/C14H17N7OS2/c1-2-11-17-21-12(22)7-9(15-13(21)24-11)8-23-14-16-18-19-20(14)10-5-3-4-6-10/h7,10H,2-6,8H2,1H3. The molecule has 3 heterocycles. The van der Waals surface area contributed by atoms with Gasteiger partial charge >= 0.3 is 0 Å². The highest BCUT2D eigenvalue weighted by atomic mass is 32.2. The molecule has 0 saturated heterocycles. The zero-order chi connectivity index (χ0) is 16.5.